The number of ether oxygens (including phenoxy) is 1. The Hall–Kier alpha value is -1.30. The van der Waals surface area contributed by atoms with E-state index >= 15 is 0 Å². The summed E-state index contributed by atoms with van der Waals surface area (Å²) in [5, 5.41) is 37.4. The van der Waals surface area contributed by atoms with Crippen molar-refractivity contribution in [3.05, 3.63) is 23.8 Å². The normalized spacial score (nSPS) is 14.5. The van der Waals surface area contributed by atoms with Crippen molar-refractivity contribution in [1.82, 2.24) is 0 Å². The molecule has 0 radical (unpaired) electrons. The molecule has 16 heavy (non-hydrogen) atoms. The highest BCUT2D eigenvalue weighted by Crippen LogP contribution is 2.34. The van der Waals surface area contributed by atoms with Gasteiger partial charge in [-0.3, -0.25) is 0 Å². The van der Waals surface area contributed by atoms with Crippen molar-refractivity contribution in [3.63, 3.8) is 0 Å². The van der Waals surface area contributed by atoms with Crippen LogP contribution in [0.3, 0.4) is 0 Å². The van der Waals surface area contributed by atoms with Crippen LogP contribution in [-0.4, -0.2) is 39.7 Å². The average molecular weight is 228 g/mol. The number of hydrogen-bond donors (Lipinski definition) is 4. The Morgan fingerprint density at radius 2 is 2.00 bits per heavy atom. The van der Waals surface area contributed by atoms with Gasteiger partial charge in [0.15, 0.2) is 11.5 Å². The van der Waals surface area contributed by atoms with Crippen molar-refractivity contribution in [2.75, 3.05) is 13.2 Å². The van der Waals surface area contributed by atoms with E-state index in [1.54, 1.807) is 19.1 Å². The van der Waals surface area contributed by atoms with E-state index in [2.05, 4.69) is 0 Å². The van der Waals surface area contributed by atoms with Crippen molar-refractivity contribution < 1.29 is 25.2 Å². The molecule has 0 aliphatic rings. The van der Waals surface area contributed by atoms with Crippen LogP contribution in [0.5, 0.6) is 11.5 Å². The van der Waals surface area contributed by atoms with Crippen molar-refractivity contribution in [2.24, 2.45) is 0 Å². The maximum absolute atomic E-state index is 9.76. The summed E-state index contributed by atoms with van der Waals surface area (Å²) < 4.78 is 5.14. The average Bonchev–Trinajstić information content (AvgIpc) is 2.30. The summed E-state index contributed by atoms with van der Waals surface area (Å²) in [6, 6.07) is 4.61. The highest BCUT2D eigenvalue weighted by molar-refractivity contribution is 5.46. The quantitative estimate of drug-likeness (QED) is 0.577. The van der Waals surface area contributed by atoms with Crippen LogP contribution in [0.1, 0.15) is 18.6 Å². The van der Waals surface area contributed by atoms with Crippen LogP contribution in [0, 0.1) is 0 Å². The van der Waals surface area contributed by atoms with Gasteiger partial charge in [-0.25, -0.2) is 0 Å². The van der Waals surface area contributed by atoms with Crippen molar-refractivity contribution in [3.8, 4) is 11.5 Å². The summed E-state index contributed by atoms with van der Waals surface area (Å²) in [6.45, 7) is 1.57. The first-order valence-corrected chi connectivity index (χ1v) is 5.03. The van der Waals surface area contributed by atoms with Gasteiger partial charge in [0.05, 0.1) is 13.2 Å². The molecule has 0 fully saturated rings. The first-order chi connectivity index (χ1) is 7.61. The smallest absolute Gasteiger partial charge is 0.163 e. The molecule has 0 spiro atoms. The lowest BCUT2D eigenvalue weighted by Crippen LogP contribution is -2.22. The predicted molar refractivity (Wildman–Crippen MR) is 57.3 cm³/mol. The second-order valence-electron chi connectivity index (χ2n) is 3.32. The van der Waals surface area contributed by atoms with E-state index in [0.717, 1.165) is 0 Å². The Kier molecular flexibility index (Phi) is 4.54. The van der Waals surface area contributed by atoms with Crippen LogP contribution >= 0.6 is 0 Å². The van der Waals surface area contributed by atoms with Gasteiger partial charge >= 0.3 is 0 Å². The van der Waals surface area contributed by atoms with E-state index in [9.17, 15) is 15.3 Å². The standard InChI is InChI=1S/C11H16O5/c1-2-16-9-5-3-4-7(11(9)15)10(14)8(13)6-12/h3-5,8,10,12-15H,2,6H2,1H3. The molecule has 0 aliphatic carbocycles. The number of aliphatic hydroxyl groups excluding tert-OH is 3. The van der Waals surface area contributed by atoms with Crippen LogP contribution in [0.2, 0.25) is 0 Å². The molecule has 1 aromatic carbocycles. The number of phenolic OH excluding ortho intramolecular Hbond substituents is 1. The molecule has 0 heterocycles. The van der Waals surface area contributed by atoms with Crippen LogP contribution in [-0.2, 0) is 0 Å². The molecule has 90 valence electrons. The molecular weight excluding hydrogens is 212 g/mol. The van der Waals surface area contributed by atoms with E-state index in [-0.39, 0.29) is 17.1 Å². The maximum atomic E-state index is 9.76. The van der Waals surface area contributed by atoms with E-state index in [0.29, 0.717) is 6.61 Å². The fraction of sp³-hybridized carbons (Fsp3) is 0.455. The summed E-state index contributed by atoms with van der Waals surface area (Å²) in [5.41, 5.74) is 0.132. The fourth-order valence-electron chi connectivity index (χ4n) is 1.36. The summed E-state index contributed by atoms with van der Waals surface area (Å²) in [5.74, 6) is 0.0218. The molecule has 5 heteroatoms. The molecule has 0 aliphatic heterocycles. The Morgan fingerprint density at radius 3 is 2.56 bits per heavy atom. The molecule has 0 bridgehead atoms. The summed E-state index contributed by atoms with van der Waals surface area (Å²) in [7, 11) is 0. The van der Waals surface area contributed by atoms with E-state index in [4.69, 9.17) is 9.84 Å². The minimum Gasteiger partial charge on any atom is -0.504 e. The zero-order valence-electron chi connectivity index (χ0n) is 9.00. The second kappa shape index (κ2) is 5.69. The minimum atomic E-state index is -1.34. The molecule has 0 saturated carbocycles. The minimum absolute atomic E-state index is 0.132. The monoisotopic (exact) mass is 228 g/mol. The number of hydrogen-bond acceptors (Lipinski definition) is 5. The largest absolute Gasteiger partial charge is 0.504 e. The topological polar surface area (TPSA) is 90.2 Å². The number of phenols is 1. The fourth-order valence-corrected chi connectivity index (χ4v) is 1.36. The van der Waals surface area contributed by atoms with Gasteiger partial charge < -0.3 is 25.2 Å². The van der Waals surface area contributed by atoms with Gasteiger partial charge in [0.2, 0.25) is 0 Å². The summed E-state index contributed by atoms with van der Waals surface area (Å²) in [6.07, 6.45) is -2.67. The highest BCUT2D eigenvalue weighted by Gasteiger charge is 2.22. The Labute approximate surface area is 93.5 Å². The molecule has 0 saturated heterocycles. The van der Waals surface area contributed by atoms with Gasteiger partial charge in [-0.2, -0.15) is 0 Å². The predicted octanol–water partition coefficient (Wildman–Crippen LogP) is 0.177. The number of aliphatic hydroxyl groups is 3. The van der Waals surface area contributed by atoms with Gasteiger partial charge in [0, 0.05) is 5.56 Å². The molecule has 1 rings (SSSR count). The maximum Gasteiger partial charge on any atom is 0.163 e. The molecule has 1 aromatic rings. The van der Waals surface area contributed by atoms with Gasteiger partial charge in [0.1, 0.15) is 12.2 Å². The Balaban J connectivity index is 3.00. The van der Waals surface area contributed by atoms with Gasteiger partial charge in [-0.05, 0) is 13.0 Å². The zero-order valence-corrected chi connectivity index (χ0v) is 9.00. The molecule has 2 atom stereocenters. The van der Waals surface area contributed by atoms with Gasteiger partial charge in [-0.15, -0.1) is 0 Å². The summed E-state index contributed by atoms with van der Waals surface area (Å²) in [4.78, 5) is 0. The lowest BCUT2D eigenvalue weighted by molar-refractivity contribution is -0.0163. The summed E-state index contributed by atoms with van der Waals surface area (Å²) >= 11 is 0. The lowest BCUT2D eigenvalue weighted by Gasteiger charge is -2.18. The molecule has 0 amide bonds. The first kappa shape index (κ1) is 12.8. The van der Waals surface area contributed by atoms with E-state index in [1.807, 2.05) is 0 Å². The number of aromatic hydroxyl groups is 1. The number of benzene rings is 1. The van der Waals surface area contributed by atoms with Crippen LogP contribution in [0.25, 0.3) is 0 Å². The van der Waals surface area contributed by atoms with E-state index < -0.39 is 18.8 Å². The third kappa shape index (κ3) is 2.63. The molecule has 5 nitrogen and oxygen atoms in total. The lowest BCUT2D eigenvalue weighted by atomic mass is 10.0. The Bertz CT molecular complexity index is 339. The van der Waals surface area contributed by atoms with Crippen LogP contribution in [0.4, 0.5) is 0 Å². The first-order valence-electron chi connectivity index (χ1n) is 5.03. The second-order valence-corrected chi connectivity index (χ2v) is 3.32. The van der Waals surface area contributed by atoms with E-state index in [1.165, 1.54) is 6.07 Å². The molecule has 4 N–H and O–H groups in total. The zero-order chi connectivity index (χ0) is 12.1. The molecule has 2 unspecified atom stereocenters. The van der Waals surface area contributed by atoms with Crippen molar-refractivity contribution >= 4 is 0 Å². The number of rotatable bonds is 5. The SMILES string of the molecule is CCOc1cccc(C(O)C(O)CO)c1O. The van der Waals surface area contributed by atoms with Gasteiger partial charge in [-0.1, -0.05) is 12.1 Å². The van der Waals surface area contributed by atoms with Crippen LogP contribution < -0.4 is 4.74 Å². The highest BCUT2D eigenvalue weighted by atomic mass is 16.5. The Morgan fingerprint density at radius 1 is 1.31 bits per heavy atom. The molecular formula is C11H16O5. The number of para-hydroxylation sites is 1. The third-order valence-corrected chi connectivity index (χ3v) is 2.20. The molecule has 0 aromatic heterocycles. The van der Waals surface area contributed by atoms with Crippen molar-refractivity contribution in [1.29, 1.82) is 0 Å². The third-order valence-electron chi connectivity index (χ3n) is 2.20. The van der Waals surface area contributed by atoms with Crippen molar-refractivity contribution in [2.45, 2.75) is 19.1 Å². The van der Waals surface area contributed by atoms with Gasteiger partial charge in [0.25, 0.3) is 0 Å². The van der Waals surface area contributed by atoms with Crippen LogP contribution in [0.15, 0.2) is 18.2 Å².